The van der Waals surface area contributed by atoms with Crippen LogP contribution in [0.5, 0.6) is 0 Å². The Morgan fingerprint density at radius 2 is 1.55 bits per heavy atom. The number of fused-ring (bicyclic) bond motifs is 2. The number of esters is 1. The van der Waals surface area contributed by atoms with Crippen molar-refractivity contribution < 1.29 is 17.9 Å². The van der Waals surface area contributed by atoms with Crippen LogP contribution >= 0.6 is 9.50 Å². The van der Waals surface area contributed by atoms with Crippen LogP contribution < -0.4 is 5.43 Å². The van der Waals surface area contributed by atoms with Crippen LogP contribution in [0.2, 0.25) is 0 Å². The van der Waals surface area contributed by atoms with Crippen molar-refractivity contribution >= 4 is 44.5 Å². The SMILES string of the molecule is CCOC(=O)c1cccc2c1c(=O)c1ccccc1[s+]2S(=O)(=O)c1ccccc1. The normalized spacial score (nSPS) is 12.2. The molecule has 1 heterocycles. The molecule has 1 atom stereocenters. The van der Waals surface area contributed by atoms with Gasteiger partial charge in [-0.25, -0.2) is 4.79 Å². The van der Waals surface area contributed by atoms with Gasteiger partial charge in [0.25, 0.3) is 0 Å². The van der Waals surface area contributed by atoms with Crippen molar-refractivity contribution in [2.24, 2.45) is 0 Å². The summed E-state index contributed by atoms with van der Waals surface area (Å²) in [4.78, 5) is 25.9. The Labute approximate surface area is 169 Å². The summed E-state index contributed by atoms with van der Waals surface area (Å²) < 4.78 is 33.1. The van der Waals surface area contributed by atoms with E-state index in [2.05, 4.69) is 0 Å². The average molecular weight is 426 g/mol. The van der Waals surface area contributed by atoms with Gasteiger partial charge in [0.05, 0.1) is 22.9 Å². The van der Waals surface area contributed by atoms with Gasteiger partial charge in [0.15, 0.2) is 0 Å². The number of benzene rings is 3. The Balaban J connectivity index is 2.22. The second kappa shape index (κ2) is 7.42. The average Bonchev–Trinajstić information content (AvgIpc) is 2.74. The maximum atomic E-state index is 13.6. The molecule has 146 valence electrons. The number of rotatable bonds is 4. The van der Waals surface area contributed by atoms with Crippen LogP contribution in [-0.4, -0.2) is 21.0 Å². The molecule has 5 nitrogen and oxygen atoms in total. The molecule has 0 aliphatic rings. The first-order valence-electron chi connectivity index (χ1n) is 8.95. The lowest BCUT2D eigenvalue weighted by atomic mass is 10.1. The summed E-state index contributed by atoms with van der Waals surface area (Å²) in [7, 11) is -5.31. The molecule has 0 saturated heterocycles. The number of carbonyl (C=O) groups excluding carboxylic acids is 1. The summed E-state index contributed by atoms with van der Waals surface area (Å²) in [5.74, 6) is -0.641. The lowest BCUT2D eigenvalue weighted by Gasteiger charge is -2.07. The third-order valence-electron chi connectivity index (χ3n) is 4.53. The zero-order valence-electron chi connectivity index (χ0n) is 15.5. The van der Waals surface area contributed by atoms with Crippen LogP contribution in [0.4, 0.5) is 0 Å². The van der Waals surface area contributed by atoms with Gasteiger partial charge in [-0.3, -0.25) is 4.79 Å². The highest BCUT2D eigenvalue weighted by molar-refractivity contribution is 8.41. The van der Waals surface area contributed by atoms with Gasteiger partial charge in [0.2, 0.25) is 14.8 Å². The first-order valence-corrected chi connectivity index (χ1v) is 12.2. The summed E-state index contributed by atoms with van der Waals surface area (Å²) in [6.07, 6.45) is 0. The van der Waals surface area contributed by atoms with E-state index in [9.17, 15) is 18.0 Å². The van der Waals surface area contributed by atoms with Gasteiger partial charge >= 0.3 is 14.8 Å². The summed E-state index contributed by atoms with van der Waals surface area (Å²) in [5, 5.41) is 0.395. The standard InChI is InChI=1S/C22H17O5S2/c1-2-27-22(24)17-12-8-14-19-20(17)21(23)16-11-6-7-13-18(16)28(19)29(25,26)15-9-4-3-5-10-15/h3-14H,2H2,1H3/q+1. The lowest BCUT2D eigenvalue weighted by Crippen LogP contribution is -2.12. The van der Waals surface area contributed by atoms with Crippen LogP contribution in [0.25, 0.3) is 20.2 Å². The topological polar surface area (TPSA) is 77.5 Å². The van der Waals surface area contributed by atoms with Crippen LogP contribution in [-0.2, 0) is 13.6 Å². The molecule has 3 aromatic carbocycles. The van der Waals surface area contributed by atoms with E-state index < -0.39 is 24.3 Å². The molecule has 7 heteroatoms. The van der Waals surface area contributed by atoms with Gasteiger partial charge in [0, 0.05) is 6.07 Å². The zero-order valence-corrected chi connectivity index (χ0v) is 17.1. The van der Waals surface area contributed by atoms with Crippen molar-refractivity contribution in [2.75, 3.05) is 6.61 Å². The molecule has 1 unspecified atom stereocenters. The van der Waals surface area contributed by atoms with Crippen LogP contribution in [0, 0.1) is 0 Å². The smallest absolute Gasteiger partial charge is 0.368 e. The molecule has 0 radical (unpaired) electrons. The molecule has 4 aromatic rings. The first kappa shape index (κ1) is 19.3. The largest absolute Gasteiger partial charge is 0.462 e. The maximum absolute atomic E-state index is 13.6. The van der Waals surface area contributed by atoms with Gasteiger partial charge in [-0.05, 0) is 37.3 Å². The molecule has 0 bridgehead atoms. The van der Waals surface area contributed by atoms with Gasteiger partial charge in [-0.2, -0.15) is 8.42 Å². The fourth-order valence-corrected chi connectivity index (χ4v) is 9.01. The minimum atomic E-state index is -3.84. The molecule has 0 aliphatic heterocycles. The first-order chi connectivity index (χ1) is 14.0. The van der Waals surface area contributed by atoms with Crippen molar-refractivity contribution in [1.82, 2.24) is 0 Å². The van der Waals surface area contributed by atoms with Crippen molar-refractivity contribution in [3.05, 3.63) is 88.6 Å². The fourth-order valence-electron chi connectivity index (χ4n) is 3.29. The third kappa shape index (κ3) is 3.12. The van der Waals surface area contributed by atoms with E-state index in [1.165, 1.54) is 18.2 Å². The number of ether oxygens (including phenoxy) is 1. The highest BCUT2D eigenvalue weighted by Gasteiger charge is 2.35. The van der Waals surface area contributed by atoms with Crippen LogP contribution in [0.15, 0.2) is 82.5 Å². The molecule has 1 aromatic heterocycles. The number of hydrogen-bond acceptors (Lipinski definition) is 5. The molecule has 0 aliphatic carbocycles. The van der Waals surface area contributed by atoms with Crippen LogP contribution in [0.1, 0.15) is 17.3 Å². The van der Waals surface area contributed by atoms with Gasteiger partial charge in [-0.1, -0.05) is 36.4 Å². The molecule has 4 rings (SSSR count). The Bertz CT molecular complexity index is 1400. The lowest BCUT2D eigenvalue weighted by molar-refractivity contribution is 0.0528. The van der Waals surface area contributed by atoms with E-state index in [1.54, 1.807) is 61.5 Å². The fraction of sp³-hybridized carbons (Fsp3) is 0.0909. The predicted octanol–water partition coefficient (Wildman–Crippen LogP) is 4.52. The molecular weight excluding hydrogens is 408 g/mol. The van der Waals surface area contributed by atoms with Crippen LogP contribution in [0.3, 0.4) is 0 Å². The predicted molar refractivity (Wildman–Crippen MR) is 115 cm³/mol. The van der Waals surface area contributed by atoms with E-state index in [1.807, 2.05) is 0 Å². The van der Waals surface area contributed by atoms with E-state index in [4.69, 9.17) is 4.74 Å². The van der Waals surface area contributed by atoms with Crippen molar-refractivity contribution in [3.8, 4) is 0 Å². The highest BCUT2D eigenvalue weighted by atomic mass is 33.2. The van der Waals surface area contributed by atoms with Crippen molar-refractivity contribution in [2.45, 2.75) is 11.8 Å². The number of hydrogen-bond donors (Lipinski definition) is 0. The second-order valence-corrected chi connectivity index (χ2v) is 11.4. The highest BCUT2D eigenvalue weighted by Crippen LogP contribution is 2.44. The van der Waals surface area contributed by atoms with Gasteiger partial charge in [0.1, 0.15) is 14.4 Å². The molecule has 0 fully saturated rings. The second-order valence-electron chi connectivity index (χ2n) is 6.26. The Morgan fingerprint density at radius 1 is 0.897 bits per heavy atom. The van der Waals surface area contributed by atoms with E-state index in [0.29, 0.717) is 14.8 Å². The Hall–Kier alpha value is -3.03. The molecule has 0 amide bonds. The molecule has 29 heavy (non-hydrogen) atoms. The Kier molecular flexibility index (Phi) is 4.94. The van der Waals surface area contributed by atoms with Crippen molar-refractivity contribution in [1.29, 1.82) is 0 Å². The summed E-state index contributed by atoms with van der Waals surface area (Å²) >= 11 is 0. The minimum Gasteiger partial charge on any atom is -0.462 e. The quantitative estimate of drug-likeness (QED) is 0.208. The number of carbonyl (C=O) groups is 1. The summed E-state index contributed by atoms with van der Waals surface area (Å²) in [6.45, 7) is 1.83. The van der Waals surface area contributed by atoms with E-state index >= 15 is 0 Å². The van der Waals surface area contributed by atoms with Gasteiger partial charge < -0.3 is 4.74 Å². The summed E-state index contributed by atoms with van der Waals surface area (Å²) in [6, 6.07) is 19.5. The monoisotopic (exact) mass is 425 g/mol. The third-order valence-corrected chi connectivity index (χ3v) is 10.3. The zero-order chi connectivity index (χ0) is 20.6. The molecule has 0 N–H and O–H groups in total. The molecule has 0 spiro atoms. The van der Waals surface area contributed by atoms with E-state index in [0.717, 1.165) is 0 Å². The minimum absolute atomic E-state index is 0.0876. The molecular formula is C22H17O5S2+. The Morgan fingerprint density at radius 3 is 2.28 bits per heavy atom. The van der Waals surface area contributed by atoms with Crippen molar-refractivity contribution in [3.63, 3.8) is 0 Å². The van der Waals surface area contributed by atoms with Gasteiger partial charge in [-0.15, -0.1) is 0 Å². The maximum Gasteiger partial charge on any atom is 0.368 e. The van der Waals surface area contributed by atoms with E-state index in [-0.39, 0.29) is 27.9 Å². The molecule has 0 saturated carbocycles. The summed E-state index contributed by atoms with van der Waals surface area (Å²) in [5.41, 5.74) is -0.282.